The standard InChI is InChI=1S/C20H21N3O3/c1-25-17-11-9-16(10-12-17)20-22-19(26-23-20)14-18(24)21-13-5-8-15-6-3-2-4-7-15/h2-4,6-7,9-12H,5,8,13-14H2,1H3,(H,21,24). The number of nitrogens with zero attached hydrogens (tertiary/aromatic N) is 2. The number of methoxy groups -OCH3 is 1. The van der Waals surface area contributed by atoms with Crippen LogP contribution < -0.4 is 10.1 Å². The lowest BCUT2D eigenvalue weighted by atomic mass is 10.1. The highest BCUT2D eigenvalue weighted by atomic mass is 16.5. The molecule has 0 fully saturated rings. The highest BCUT2D eigenvalue weighted by Crippen LogP contribution is 2.19. The van der Waals surface area contributed by atoms with E-state index in [-0.39, 0.29) is 12.3 Å². The fraction of sp³-hybridized carbons (Fsp3) is 0.250. The van der Waals surface area contributed by atoms with Gasteiger partial charge in [-0.25, -0.2) is 0 Å². The number of carbonyl (C=O) groups excluding carboxylic acids is 1. The Morgan fingerprint density at radius 3 is 2.62 bits per heavy atom. The topological polar surface area (TPSA) is 77.2 Å². The van der Waals surface area contributed by atoms with Crippen LogP contribution in [-0.2, 0) is 17.6 Å². The Bertz CT molecular complexity index is 829. The van der Waals surface area contributed by atoms with Crippen molar-refractivity contribution in [2.75, 3.05) is 13.7 Å². The molecule has 0 bridgehead atoms. The van der Waals surface area contributed by atoms with E-state index in [1.54, 1.807) is 7.11 Å². The lowest BCUT2D eigenvalue weighted by molar-refractivity contribution is -0.120. The van der Waals surface area contributed by atoms with Gasteiger partial charge in [0.05, 0.1) is 7.11 Å². The van der Waals surface area contributed by atoms with Crippen molar-refractivity contribution in [2.45, 2.75) is 19.3 Å². The molecule has 1 amide bonds. The van der Waals surface area contributed by atoms with Gasteiger partial charge in [-0.15, -0.1) is 0 Å². The summed E-state index contributed by atoms with van der Waals surface area (Å²) in [5, 5.41) is 6.81. The fourth-order valence-electron chi connectivity index (χ4n) is 2.55. The van der Waals surface area contributed by atoms with E-state index in [2.05, 4.69) is 27.6 Å². The lowest BCUT2D eigenvalue weighted by Gasteiger charge is -2.03. The minimum absolute atomic E-state index is 0.0779. The largest absolute Gasteiger partial charge is 0.497 e. The lowest BCUT2D eigenvalue weighted by Crippen LogP contribution is -2.26. The first-order chi connectivity index (χ1) is 12.7. The third kappa shape index (κ3) is 4.92. The van der Waals surface area contributed by atoms with Crippen molar-refractivity contribution >= 4 is 5.91 Å². The van der Waals surface area contributed by atoms with Crippen molar-refractivity contribution in [2.24, 2.45) is 0 Å². The molecule has 3 aromatic rings. The van der Waals surface area contributed by atoms with E-state index in [9.17, 15) is 4.79 Å². The molecule has 0 unspecified atom stereocenters. The third-order valence-electron chi connectivity index (χ3n) is 3.94. The van der Waals surface area contributed by atoms with E-state index < -0.39 is 0 Å². The summed E-state index contributed by atoms with van der Waals surface area (Å²) >= 11 is 0. The average Bonchev–Trinajstić information content (AvgIpc) is 3.14. The van der Waals surface area contributed by atoms with Crippen LogP contribution in [0.4, 0.5) is 0 Å². The van der Waals surface area contributed by atoms with Crippen molar-refractivity contribution < 1.29 is 14.1 Å². The molecule has 26 heavy (non-hydrogen) atoms. The smallest absolute Gasteiger partial charge is 0.236 e. The van der Waals surface area contributed by atoms with Gasteiger partial charge in [0.1, 0.15) is 12.2 Å². The Balaban J connectivity index is 1.45. The molecule has 6 nitrogen and oxygen atoms in total. The molecular formula is C20H21N3O3. The van der Waals surface area contributed by atoms with Crippen LogP contribution in [0.15, 0.2) is 59.1 Å². The molecule has 134 valence electrons. The second-order valence-corrected chi connectivity index (χ2v) is 5.86. The maximum Gasteiger partial charge on any atom is 0.236 e. The zero-order valence-electron chi connectivity index (χ0n) is 14.6. The van der Waals surface area contributed by atoms with E-state index in [1.165, 1.54) is 5.56 Å². The highest BCUT2D eigenvalue weighted by Gasteiger charge is 2.12. The van der Waals surface area contributed by atoms with Crippen molar-refractivity contribution in [1.82, 2.24) is 15.5 Å². The highest BCUT2D eigenvalue weighted by molar-refractivity contribution is 5.77. The van der Waals surface area contributed by atoms with Crippen LogP contribution in [0, 0.1) is 0 Å². The van der Waals surface area contributed by atoms with E-state index in [1.807, 2.05) is 42.5 Å². The molecular weight excluding hydrogens is 330 g/mol. The van der Waals surface area contributed by atoms with Crippen LogP contribution in [-0.4, -0.2) is 29.7 Å². The van der Waals surface area contributed by atoms with Gasteiger partial charge in [0.25, 0.3) is 0 Å². The van der Waals surface area contributed by atoms with Gasteiger partial charge in [-0.2, -0.15) is 4.98 Å². The van der Waals surface area contributed by atoms with Crippen molar-refractivity contribution in [1.29, 1.82) is 0 Å². The summed E-state index contributed by atoms with van der Waals surface area (Å²) in [6, 6.07) is 17.5. The number of hydrogen-bond acceptors (Lipinski definition) is 5. The SMILES string of the molecule is COc1ccc(-c2noc(CC(=O)NCCCc3ccccc3)n2)cc1. The molecule has 0 aliphatic heterocycles. The predicted molar refractivity (Wildman–Crippen MR) is 97.8 cm³/mol. The average molecular weight is 351 g/mol. The van der Waals surface area contributed by atoms with Crippen LogP contribution in [0.5, 0.6) is 5.75 Å². The van der Waals surface area contributed by atoms with E-state index in [4.69, 9.17) is 9.26 Å². The molecule has 0 aliphatic rings. The number of benzene rings is 2. The van der Waals surface area contributed by atoms with E-state index >= 15 is 0 Å². The summed E-state index contributed by atoms with van der Waals surface area (Å²) in [5.74, 6) is 1.39. The number of carbonyl (C=O) groups is 1. The molecule has 0 saturated heterocycles. The summed E-state index contributed by atoms with van der Waals surface area (Å²) in [4.78, 5) is 16.3. The van der Waals surface area contributed by atoms with E-state index in [0.29, 0.717) is 18.3 Å². The number of ether oxygens (including phenoxy) is 1. The zero-order valence-corrected chi connectivity index (χ0v) is 14.6. The monoisotopic (exact) mass is 351 g/mol. The first-order valence-corrected chi connectivity index (χ1v) is 8.52. The molecule has 6 heteroatoms. The first kappa shape index (κ1) is 17.7. The van der Waals surface area contributed by atoms with Crippen LogP contribution in [0.25, 0.3) is 11.4 Å². The second-order valence-electron chi connectivity index (χ2n) is 5.86. The summed E-state index contributed by atoms with van der Waals surface area (Å²) in [7, 11) is 1.61. The number of hydrogen-bond donors (Lipinski definition) is 1. The zero-order chi connectivity index (χ0) is 18.2. The predicted octanol–water partition coefficient (Wildman–Crippen LogP) is 3.04. The van der Waals surface area contributed by atoms with Gasteiger partial charge in [0.2, 0.25) is 17.6 Å². The Morgan fingerprint density at radius 2 is 1.88 bits per heavy atom. The second kappa shape index (κ2) is 8.80. The van der Waals surface area contributed by atoms with Crippen molar-refractivity contribution in [3.05, 3.63) is 66.1 Å². The molecule has 0 spiro atoms. The Labute approximate surface area is 152 Å². The summed E-state index contributed by atoms with van der Waals surface area (Å²) < 4.78 is 10.3. The van der Waals surface area contributed by atoms with E-state index in [0.717, 1.165) is 24.2 Å². The van der Waals surface area contributed by atoms with Crippen molar-refractivity contribution in [3.63, 3.8) is 0 Å². The third-order valence-corrected chi connectivity index (χ3v) is 3.94. The molecule has 2 aromatic carbocycles. The molecule has 0 radical (unpaired) electrons. The maximum absolute atomic E-state index is 12.0. The molecule has 1 aromatic heterocycles. The Kier molecular flexibility index (Phi) is 5.98. The van der Waals surface area contributed by atoms with Gasteiger partial charge in [-0.3, -0.25) is 4.79 Å². The minimum atomic E-state index is -0.122. The Morgan fingerprint density at radius 1 is 1.12 bits per heavy atom. The number of rotatable bonds is 8. The van der Waals surface area contributed by atoms with Crippen LogP contribution in [0.2, 0.25) is 0 Å². The van der Waals surface area contributed by atoms with Crippen LogP contribution in [0.1, 0.15) is 17.9 Å². The Hall–Kier alpha value is -3.15. The molecule has 1 N–H and O–H groups in total. The van der Waals surface area contributed by atoms with Gasteiger partial charge in [0.15, 0.2) is 0 Å². The number of aryl methyl sites for hydroxylation is 1. The maximum atomic E-state index is 12.0. The van der Waals surface area contributed by atoms with Crippen LogP contribution >= 0.6 is 0 Å². The van der Waals surface area contributed by atoms with Crippen molar-refractivity contribution in [3.8, 4) is 17.1 Å². The summed E-state index contributed by atoms with van der Waals surface area (Å²) in [6.45, 7) is 0.618. The van der Waals surface area contributed by atoms with Gasteiger partial charge in [0, 0.05) is 12.1 Å². The van der Waals surface area contributed by atoms with Gasteiger partial charge < -0.3 is 14.6 Å². The minimum Gasteiger partial charge on any atom is -0.497 e. The first-order valence-electron chi connectivity index (χ1n) is 8.52. The number of amides is 1. The fourth-order valence-corrected chi connectivity index (χ4v) is 2.55. The summed E-state index contributed by atoms with van der Waals surface area (Å²) in [5.41, 5.74) is 2.08. The summed E-state index contributed by atoms with van der Waals surface area (Å²) in [6.07, 6.45) is 1.90. The molecule has 1 heterocycles. The quantitative estimate of drug-likeness (QED) is 0.631. The van der Waals surface area contributed by atoms with Crippen LogP contribution in [0.3, 0.4) is 0 Å². The van der Waals surface area contributed by atoms with Gasteiger partial charge >= 0.3 is 0 Å². The normalized spacial score (nSPS) is 10.5. The molecule has 0 saturated carbocycles. The molecule has 0 atom stereocenters. The molecule has 0 aliphatic carbocycles. The number of nitrogens with one attached hydrogen (secondary N) is 1. The number of aromatic nitrogens is 2. The molecule has 3 rings (SSSR count). The van der Waals surface area contributed by atoms with Gasteiger partial charge in [-0.05, 0) is 42.7 Å². The van der Waals surface area contributed by atoms with Gasteiger partial charge in [-0.1, -0.05) is 35.5 Å².